The Kier molecular flexibility index (Phi) is 6.74. The Bertz CT molecular complexity index is 839. The number of hydrogen-bond acceptors (Lipinski definition) is 8. The van der Waals surface area contributed by atoms with Crippen LogP contribution in [-0.2, 0) is 46.1 Å². The van der Waals surface area contributed by atoms with Gasteiger partial charge in [-0.25, -0.2) is 4.79 Å². The van der Waals surface area contributed by atoms with Gasteiger partial charge < -0.3 is 24.1 Å². The molecule has 0 amide bonds. The molecule has 0 saturated carbocycles. The highest BCUT2D eigenvalue weighted by Crippen LogP contribution is 2.32. The van der Waals surface area contributed by atoms with Crippen molar-refractivity contribution in [2.75, 3.05) is 19.8 Å². The second kappa shape index (κ2) is 9.67. The van der Waals surface area contributed by atoms with Crippen molar-refractivity contribution in [1.29, 1.82) is 0 Å². The summed E-state index contributed by atoms with van der Waals surface area (Å²) >= 11 is 0. The smallest absolute Gasteiger partial charge is 0.413 e. The molecule has 31 heavy (non-hydrogen) atoms. The van der Waals surface area contributed by atoms with Crippen LogP contribution >= 0.6 is 0 Å². The minimum atomic E-state index is -1.82. The average molecular weight is 428 g/mol. The monoisotopic (exact) mass is 428 g/mol. The van der Waals surface area contributed by atoms with E-state index in [1.807, 2.05) is 60.7 Å². The summed E-state index contributed by atoms with van der Waals surface area (Å²) in [5, 5.41) is 9.58. The summed E-state index contributed by atoms with van der Waals surface area (Å²) in [5.74, 6) is -1.76. The third-order valence-corrected chi connectivity index (χ3v) is 5.10. The number of hydrogen-bond donors (Lipinski definition) is 1. The first-order valence-corrected chi connectivity index (χ1v) is 10.2. The number of ether oxygens (including phenoxy) is 5. The Labute approximate surface area is 179 Å². The first kappa shape index (κ1) is 21.6. The van der Waals surface area contributed by atoms with Crippen LogP contribution in [0.25, 0.3) is 0 Å². The number of carbonyl (C=O) groups is 2. The van der Waals surface area contributed by atoms with Gasteiger partial charge in [-0.1, -0.05) is 60.7 Å². The van der Waals surface area contributed by atoms with Crippen LogP contribution in [0.15, 0.2) is 60.7 Å². The summed E-state index contributed by atoms with van der Waals surface area (Å²) in [5.41, 5.74) is 2.14. The van der Waals surface area contributed by atoms with E-state index in [1.54, 1.807) is 0 Å². The maximum atomic E-state index is 12.1. The van der Waals surface area contributed by atoms with Crippen LogP contribution in [0.3, 0.4) is 0 Å². The Balaban J connectivity index is 1.39. The molecule has 3 atom stereocenters. The summed E-state index contributed by atoms with van der Waals surface area (Å²) in [6, 6.07) is 19.5. The molecule has 2 aromatic carbocycles. The van der Waals surface area contributed by atoms with Crippen LogP contribution in [0.4, 0.5) is 0 Å². The van der Waals surface area contributed by atoms with Crippen LogP contribution in [0.5, 0.6) is 0 Å². The number of carbonyl (C=O) groups excluding carboxylic acids is 2. The van der Waals surface area contributed by atoms with Crippen molar-refractivity contribution >= 4 is 11.8 Å². The average Bonchev–Trinajstić information content (AvgIpc) is 3.32. The predicted octanol–water partition coefficient (Wildman–Crippen LogP) is 1.39. The van der Waals surface area contributed by atoms with Gasteiger partial charge in [-0.05, 0) is 24.0 Å². The topological polar surface area (TPSA) is 101 Å². The van der Waals surface area contributed by atoms with Gasteiger partial charge in [0.15, 0.2) is 6.10 Å². The molecule has 2 saturated heterocycles. The van der Waals surface area contributed by atoms with Crippen molar-refractivity contribution in [3.8, 4) is 0 Å². The molecule has 3 unspecified atom stereocenters. The molecule has 8 heteroatoms. The lowest BCUT2D eigenvalue weighted by Crippen LogP contribution is -2.42. The molecule has 1 N–H and O–H groups in total. The van der Waals surface area contributed by atoms with Crippen LogP contribution in [0.2, 0.25) is 0 Å². The second-order valence-electron chi connectivity index (χ2n) is 7.30. The molecule has 2 aliphatic rings. The third kappa shape index (κ3) is 5.17. The van der Waals surface area contributed by atoms with Crippen LogP contribution < -0.4 is 0 Å². The summed E-state index contributed by atoms with van der Waals surface area (Å²) in [6.45, 7) is 0.388. The van der Waals surface area contributed by atoms with E-state index in [4.69, 9.17) is 23.7 Å². The first-order chi connectivity index (χ1) is 15.1. The first-order valence-electron chi connectivity index (χ1n) is 10.2. The zero-order valence-electron chi connectivity index (χ0n) is 16.8. The van der Waals surface area contributed by atoms with Crippen LogP contribution in [0.1, 0.15) is 11.1 Å². The van der Waals surface area contributed by atoms with E-state index in [2.05, 4.69) is 0 Å². The fourth-order valence-electron chi connectivity index (χ4n) is 3.44. The maximum absolute atomic E-state index is 12.1. The Morgan fingerprint density at radius 2 is 1.45 bits per heavy atom. The van der Waals surface area contributed by atoms with E-state index in [0.717, 1.165) is 11.1 Å². The highest BCUT2D eigenvalue weighted by atomic mass is 17.0. The highest BCUT2D eigenvalue weighted by molar-refractivity contribution is 6.09. The molecule has 2 fully saturated rings. The molecule has 8 nitrogen and oxygen atoms in total. The number of aliphatic hydroxyl groups is 1. The summed E-state index contributed by atoms with van der Waals surface area (Å²) in [4.78, 5) is 23.6. The lowest BCUT2D eigenvalue weighted by atomic mass is 10.1. The minimum Gasteiger partial charge on any atom is -0.449 e. The van der Waals surface area contributed by atoms with Gasteiger partial charge in [-0.15, -0.1) is 0 Å². The molecular weight excluding hydrogens is 404 g/mol. The fourth-order valence-corrected chi connectivity index (χ4v) is 3.44. The van der Waals surface area contributed by atoms with Gasteiger partial charge in [0.1, 0.15) is 6.10 Å². The van der Waals surface area contributed by atoms with Gasteiger partial charge in [0.25, 0.3) is 0 Å². The third-order valence-electron chi connectivity index (χ3n) is 5.10. The van der Waals surface area contributed by atoms with Crippen molar-refractivity contribution < 1.29 is 38.4 Å². The Morgan fingerprint density at radius 3 is 1.94 bits per heavy atom. The Hall–Kier alpha value is -2.62. The van der Waals surface area contributed by atoms with E-state index in [0.29, 0.717) is 12.8 Å². The normalized spacial score (nSPS) is 25.0. The molecular formula is C23H24O8. The van der Waals surface area contributed by atoms with E-state index >= 15 is 0 Å². The standard InChI is InChI=1S/C23H24O8/c24-19-20(25)22(26)30-21(19)18-15-29-23(31-18,27-13-11-16-7-3-1-4-8-16)28-14-12-17-9-5-2-6-10-17/h1-10,18,20-21,25H,11-15H2. The van der Waals surface area contributed by atoms with Gasteiger partial charge in [-0.2, -0.15) is 0 Å². The van der Waals surface area contributed by atoms with Gasteiger partial charge in [0.2, 0.25) is 11.9 Å². The van der Waals surface area contributed by atoms with Crippen LogP contribution in [0, 0.1) is 0 Å². The van der Waals surface area contributed by atoms with Gasteiger partial charge in [0, 0.05) is 0 Å². The van der Waals surface area contributed by atoms with Crippen molar-refractivity contribution in [2.24, 2.45) is 0 Å². The second-order valence-corrected chi connectivity index (χ2v) is 7.30. The number of ketones is 1. The lowest BCUT2D eigenvalue weighted by molar-refractivity contribution is -0.467. The molecule has 0 aliphatic carbocycles. The maximum Gasteiger partial charge on any atom is 0.413 e. The number of cyclic esters (lactones) is 1. The SMILES string of the molecule is O=C1OC(C2COC(OCCc3ccccc3)(OCCc3ccccc3)O2)C(=O)C1O. The fraction of sp³-hybridized carbons (Fsp3) is 0.391. The quantitative estimate of drug-likeness (QED) is 0.363. The van der Waals surface area contributed by atoms with E-state index in [-0.39, 0.29) is 19.8 Å². The molecule has 4 rings (SSSR count). The number of aliphatic hydroxyl groups excluding tert-OH is 1. The van der Waals surface area contributed by atoms with Crippen molar-refractivity contribution in [1.82, 2.24) is 0 Å². The highest BCUT2D eigenvalue weighted by Gasteiger charge is 2.54. The lowest BCUT2D eigenvalue weighted by Gasteiger charge is -2.27. The van der Waals surface area contributed by atoms with Crippen molar-refractivity contribution in [3.63, 3.8) is 0 Å². The molecule has 0 radical (unpaired) electrons. The summed E-state index contributed by atoms with van der Waals surface area (Å²) in [7, 11) is 0. The largest absolute Gasteiger partial charge is 0.449 e. The van der Waals surface area contributed by atoms with Crippen molar-refractivity contribution in [3.05, 3.63) is 71.8 Å². The molecule has 0 bridgehead atoms. The van der Waals surface area contributed by atoms with E-state index in [9.17, 15) is 14.7 Å². The number of Topliss-reactive ketones (excluding diaryl/α,β-unsaturated/α-hetero) is 1. The molecule has 2 heterocycles. The number of esters is 1. The molecule has 164 valence electrons. The molecule has 2 aromatic rings. The summed E-state index contributed by atoms with van der Waals surface area (Å²) in [6.07, 6.45) is -4.64. The Morgan fingerprint density at radius 1 is 0.903 bits per heavy atom. The van der Waals surface area contributed by atoms with Crippen molar-refractivity contribution in [2.45, 2.75) is 37.3 Å². The van der Waals surface area contributed by atoms with E-state index in [1.165, 1.54) is 0 Å². The summed E-state index contributed by atoms with van der Waals surface area (Å²) < 4.78 is 28.1. The zero-order chi connectivity index (χ0) is 21.7. The molecule has 0 spiro atoms. The number of rotatable bonds is 9. The molecule has 0 aromatic heterocycles. The predicted molar refractivity (Wildman–Crippen MR) is 107 cm³/mol. The minimum absolute atomic E-state index is 0.0902. The van der Waals surface area contributed by atoms with Crippen LogP contribution in [-0.4, -0.2) is 61.2 Å². The van der Waals surface area contributed by atoms with Gasteiger partial charge in [-0.3, -0.25) is 9.53 Å². The van der Waals surface area contributed by atoms with Gasteiger partial charge >= 0.3 is 12.1 Å². The van der Waals surface area contributed by atoms with E-state index < -0.39 is 36.2 Å². The molecule has 2 aliphatic heterocycles. The zero-order valence-corrected chi connectivity index (χ0v) is 16.8. The number of benzene rings is 2. The van der Waals surface area contributed by atoms with Gasteiger partial charge in [0.05, 0.1) is 19.8 Å².